The van der Waals surface area contributed by atoms with E-state index in [4.69, 9.17) is 23.2 Å². The van der Waals surface area contributed by atoms with Crippen LogP contribution in [0.4, 0.5) is 0 Å². The lowest BCUT2D eigenvalue weighted by Gasteiger charge is -2.06. The van der Waals surface area contributed by atoms with Crippen molar-refractivity contribution in [2.24, 2.45) is 0 Å². The van der Waals surface area contributed by atoms with Gasteiger partial charge in [-0.15, -0.1) is 47.0 Å². The number of halogens is 2. The van der Waals surface area contributed by atoms with E-state index in [0.717, 1.165) is 11.1 Å². The predicted octanol–water partition coefficient (Wildman–Crippen LogP) is 9.65. The van der Waals surface area contributed by atoms with Crippen LogP contribution in [-0.2, 0) is 0 Å². The molecule has 0 aliphatic carbocycles. The Morgan fingerprint density at radius 2 is 1.00 bits per heavy atom. The molecule has 3 rings (SSSR count). The monoisotopic (exact) mass is 559 g/mol. The van der Waals surface area contributed by atoms with Gasteiger partial charge in [-0.05, 0) is 43.2 Å². The van der Waals surface area contributed by atoms with E-state index in [0.29, 0.717) is 10.3 Å². The standard InChI is InChI=1S/C17H15Cl2NS8/c1-21-14-15(22-2)26-10(25-14)6-8-5-9(13(19)20-12(8)18)7-11-27-16(23-3)17(24-4)28-11/h5-7H,1-4H3. The molecule has 0 atom stereocenters. The Morgan fingerprint density at radius 3 is 1.29 bits per heavy atom. The first-order chi connectivity index (χ1) is 13.5. The summed E-state index contributed by atoms with van der Waals surface area (Å²) in [6.07, 6.45) is 12.7. The Balaban J connectivity index is 1.87. The first kappa shape index (κ1) is 24.1. The minimum atomic E-state index is 0.434. The van der Waals surface area contributed by atoms with Crippen LogP contribution in [0.2, 0.25) is 10.3 Å². The lowest BCUT2D eigenvalue weighted by molar-refractivity contribution is 1.30. The number of hydrogen-bond acceptors (Lipinski definition) is 9. The molecular formula is C17H15Cl2NS8. The molecule has 0 radical (unpaired) electrons. The molecule has 2 aliphatic heterocycles. The molecule has 28 heavy (non-hydrogen) atoms. The van der Waals surface area contributed by atoms with Crippen molar-refractivity contribution in [3.63, 3.8) is 0 Å². The SMILES string of the molecule is CSC1=C(SC)SC(=Cc2cc(C=C3SC(SC)=C(SC)S3)c(Cl)nc2Cl)S1. The average Bonchev–Trinajstić information content (AvgIpc) is 3.28. The molecular weight excluding hydrogens is 546 g/mol. The maximum Gasteiger partial charge on any atom is 0.138 e. The third-order valence-corrected chi connectivity index (χ3v) is 14.2. The van der Waals surface area contributed by atoms with Gasteiger partial charge < -0.3 is 0 Å². The second kappa shape index (κ2) is 11.4. The van der Waals surface area contributed by atoms with Gasteiger partial charge in [-0.2, -0.15) is 0 Å². The molecule has 0 aromatic carbocycles. The van der Waals surface area contributed by atoms with E-state index in [-0.39, 0.29) is 0 Å². The van der Waals surface area contributed by atoms with Crippen molar-refractivity contribution < 1.29 is 0 Å². The molecule has 0 unspecified atom stereocenters. The van der Waals surface area contributed by atoms with Gasteiger partial charge >= 0.3 is 0 Å². The van der Waals surface area contributed by atoms with E-state index in [1.807, 2.05) is 6.07 Å². The Hall–Kier alpha value is 1.49. The van der Waals surface area contributed by atoms with Gasteiger partial charge in [0.1, 0.15) is 10.3 Å². The van der Waals surface area contributed by atoms with Crippen molar-refractivity contribution in [2.75, 3.05) is 25.0 Å². The van der Waals surface area contributed by atoms with Gasteiger partial charge in [-0.1, -0.05) is 70.2 Å². The van der Waals surface area contributed by atoms with E-state index in [1.165, 1.54) is 25.4 Å². The molecule has 0 saturated heterocycles. The highest BCUT2D eigenvalue weighted by atomic mass is 35.5. The lowest BCUT2D eigenvalue weighted by Crippen LogP contribution is -1.88. The van der Waals surface area contributed by atoms with E-state index in [9.17, 15) is 0 Å². The molecule has 0 fully saturated rings. The third kappa shape index (κ3) is 5.84. The molecule has 1 nitrogen and oxygen atoms in total. The highest BCUT2D eigenvalue weighted by Gasteiger charge is 2.22. The molecule has 11 heteroatoms. The molecule has 0 N–H and O–H groups in total. The van der Waals surface area contributed by atoms with Crippen LogP contribution in [0.25, 0.3) is 12.2 Å². The van der Waals surface area contributed by atoms with Crippen LogP contribution in [0.15, 0.2) is 31.5 Å². The van der Waals surface area contributed by atoms with Gasteiger partial charge in [-0.25, -0.2) is 4.98 Å². The highest BCUT2D eigenvalue weighted by molar-refractivity contribution is 8.41. The van der Waals surface area contributed by atoms with Crippen LogP contribution in [0, 0.1) is 0 Å². The second-order valence-electron chi connectivity index (χ2n) is 5.05. The second-order valence-corrected chi connectivity index (χ2v) is 14.8. The first-order valence-electron chi connectivity index (χ1n) is 7.64. The number of pyridine rings is 1. The Kier molecular flexibility index (Phi) is 9.81. The zero-order valence-electron chi connectivity index (χ0n) is 15.2. The minimum Gasteiger partial charge on any atom is -0.223 e. The maximum absolute atomic E-state index is 6.40. The van der Waals surface area contributed by atoms with Crippen LogP contribution in [0.1, 0.15) is 11.1 Å². The molecule has 1 aromatic rings. The van der Waals surface area contributed by atoms with E-state index >= 15 is 0 Å². The summed E-state index contributed by atoms with van der Waals surface area (Å²) < 4.78 is 7.76. The largest absolute Gasteiger partial charge is 0.223 e. The van der Waals surface area contributed by atoms with Crippen molar-refractivity contribution in [2.45, 2.75) is 0 Å². The fourth-order valence-electron chi connectivity index (χ4n) is 2.15. The Labute approximate surface area is 210 Å². The van der Waals surface area contributed by atoms with Crippen LogP contribution in [-0.4, -0.2) is 30.0 Å². The zero-order valence-corrected chi connectivity index (χ0v) is 23.2. The van der Waals surface area contributed by atoms with Gasteiger partial charge in [-0.3, -0.25) is 0 Å². The van der Waals surface area contributed by atoms with E-state index in [1.54, 1.807) is 94.1 Å². The van der Waals surface area contributed by atoms with Crippen molar-refractivity contribution in [3.05, 3.63) is 52.9 Å². The van der Waals surface area contributed by atoms with Crippen molar-refractivity contribution in [3.8, 4) is 0 Å². The number of nitrogens with zero attached hydrogens (tertiary/aromatic N) is 1. The summed E-state index contributed by atoms with van der Waals surface area (Å²) in [5.74, 6) is 0. The topological polar surface area (TPSA) is 12.9 Å². The zero-order chi connectivity index (χ0) is 20.3. The first-order valence-corrected chi connectivity index (χ1v) is 16.6. The van der Waals surface area contributed by atoms with Gasteiger partial charge in [0.25, 0.3) is 0 Å². The number of thioether (sulfide) groups is 8. The predicted molar refractivity (Wildman–Crippen MR) is 149 cm³/mol. The number of hydrogen-bond donors (Lipinski definition) is 0. The van der Waals surface area contributed by atoms with Crippen LogP contribution < -0.4 is 0 Å². The molecule has 0 bridgehead atoms. The lowest BCUT2D eigenvalue weighted by atomic mass is 10.2. The van der Waals surface area contributed by atoms with Gasteiger partial charge in [0, 0.05) is 11.1 Å². The minimum absolute atomic E-state index is 0.434. The summed E-state index contributed by atoms with van der Waals surface area (Å²) in [7, 11) is 0. The molecule has 3 heterocycles. The molecule has 150 valence electrons. The van der Waals surface area contributed by atoms with Crippen molar-refractivity contribution in [1.82, 2.24) is 4.98 Å². The fourth-order valence-corrected chi connectivity index (χ4v) is 12.4. The summed E-state index contributed by atoms with van der Waals surface area (Å²) in [6, 6.07) is 2.03. The van der Waals surface area contributed by atoms with Crippen molar-refractivity contribution in [1.29, 1.82) is 0 Å². The van der Waals surface area contributed by atoms with Crippen molar-refractivity contribution >= 4 is 129 Å². The Bertz CT molecular complexity index is 801. The summed E-state index contributed by atoms with van der Waals surface area (Å²) >= 11 is 27.1. The van der Waals surface area contributed by atoms with E-state index < -0.39 is 0 Å². The van der Waals surface area contributed by atoms with Crippen LogP contribution in [0.5, 0.6) is 0 Å². The molecule has 0 spiro atoms. The molecule has 0 saturated carbocycles. The normalized spacial score (nSPS) is 17.2. The van der Waals surface area contributed by atoms with Gasteiger partial charge in [0.15, 0.2) is 0 Å². The fraction of sp³-hybridized carbons (Fsp3) is 0.235. The maximum atomic E-state index is 6.40. The quantitative estimate of drug-likeness (QED) is 0.313. The summed E-state index contributed by atoms with van der Waals surface area (Å²) in [6.45, 7) is 0. The smallest absolute Gasteiger partial charge is 0.138 e. The third-order valence-electron chi connectivity index (χ3n) is 3.38. The van der Waals surface area contributed by atoms with Crippen LogP contribution in [0.3, 0.4) is 0 Å². The van der Waals surface area contributed by atoms with E-state index in [2.05, 4.69) is 42.2 Å². The van der Waals surface area contributed by atoms with Gasteiger partial charge in [0.05, 0.1) is 25.4 Å². The molecule has 2 aliphatic rings. The summed E-state index contributed by atoms with van der Waals surface area (Å²) in [5, 5.41) is 0.868. The number of aromatic nitrogens is 1. The molecule has 0 amide bonds. The molecule has 1 aromatic heterocycles. The highest BCUT2D eigenvalue weighted by Crippen LogP contribution is 2.58. The summed E-state index contributed by atoms with van der Waals surface area (Å²) in [5.41, 5.74) is 1.79. The van der Waals surface area contributed by atoms with Crippen LogP contribution >= 0.6 is 117 Å². The average molecular weight is 561 g/mol. The van der Waals surface area contributed by atoms with Gasteiger partial charge in [0.2, 0.25) is 0 Å². The summed E-state index contributed by atoms with van der Waals surface area (Å²) in [4.78, 5) is 4.37. The number of rotatable bonds is 6. The Morgan fingerprint density at radius 1 is 0.679 bits per heavy atom.